The number of nitrogens with zero attached hydrogens (tertiary/aromatic N) is 7. The molecular formula is C31H19N7. The smallest absolute Gasteiger partial charge is 0.164 e. The van der Waals surface area contributed by atoms with Gasteiger partial charge in [-0.1, -0.05) is 60.7 Å². The number of fused-ring (bicyclic) bond motifs is 2. The summed E-state index contributed by atoms with van der Waals surface area (Å²) in [5.41, 5.74) is 5.35. The summed E-state index contributed by atoms with van der Waals surface area (Å²) in [6.07, 6.45) is 7.05. The lowest BCUT2D eigenvalue weighted by Crippen LogP contribution is -2.01. The van der Waals surface area contributed by atoms with Gasteiger partial charge in [-0.15, -0.1) is 0 Å². The van der Waals surface area contributed by atoms with Crippen LogP contribution in [0.5, 0.6) is 0 Å². The molecule has 0 saturated carbocycles. The van der Waals surface area contributed by atoms with Gasteiger partial charge in [-0.2, -0.15) is 0 Å². The average Bonchev–Trinajstić information content (AvgIpc) is 3.01. The first-order valence-electron chi connectivity index (χ1n) is 12.2. The summed E-state index contributed by atoms with van der Waals surface area (Å²) >= 11 is 0. The topological polar surface area (TPSA) is 90.2 Å². The van der Waals surface area contributed by atoms with Crippen molar-refractivity contribution in [2.24, 2.45) is 0 Å². The molecular weight excluding hydrogens is 470 g/mol. The van der Waals surface area contributed by atoms with Gasteiger partial charge < -0.3 is 0 Å². The Morgan fingerprint density at radius 2 is 0.816 bits per heavy atom. The maximum absolute atomic E-state index is 4.97. The highest BCUT2D eigenvalue weighted by atomic mass is 15.0. The summed E-state index contributed by atoms with van der Waals surface area (Å²) in [6, 6.07) is 29.7. The SMILES string of the molecule is c1cnc(-c2ccc(-c3nc(-c4cccc5ncccc45)nc(-c4cccc5ncccc45)n3)cc2)nc1. The van der Waals surface area contributed by atoms with Crippen molar-refractivity contribution in [3.05, 3.63) is 116 Å². The van der Waals surface area contributed by atoms with Crippen LogP contribution in [0.25, 0.3) is 67.4 Å². The molecule has 0 spiro atoms. The van der Waals surface area contributed by atoms with Gasteiger partial charge in [-0.05, 0) is 30.3 Å². The van der Waals surface area contributed by atoms with Crippen LogP contribution >= 0.6 is 0 Å². The monoisotopic (exact) mass is 489 g/mol. The molecule has 0 bridgehead atoms. The van der Waals surface area contributed by atoms with E-state index in [9.17, 15) is 0 Å². The van der Waals surface area contributed by atoms with Crippen molar-refractivity contribution in [1.82, 2.24) is 34.9 Å². The molecule has 7 nitrogen and oxygen atoms in total. The zero-order valence-electron chi connectivity index (χ0n) is 20.1. The molecule has 0 radical (unpaired) electrons. The Morgan fingerprint density at radius 3 is 1.37 bits per heavy atom. The quantitative estimate of drug-likeness (QED) is 0.281. The van der Waals surface area contributed by atoms with Gasteiger partial charge in [0.15, 0.2) is 23.3 Å². The predicted molar refractivity (Wildman–Crippen MR) is 148 cm³/mol. The minimum absolute atomic E-state index is 0.576. The van der Waals surface area contributed by atoms with E-state index in [1.165, 1.54) is 0 Å². The zero-order valence-corrected chi connectivity index (χ0v) is 20.1. The van der Waals surface area contributed by atoms with E-state index in [4.69, 9.17) is 15.0 Å². The average molecular weight is 490 g/mol. The van der Waals surface area contributed by atoms with Crippen LogP contribution in [-0.4, -0.2) is 34.9 Å². The maximum Gasteiger partial charge on any atom is 0.164 e. The molecule has 0 unspecified atom stereocenters. The molecule has 0 fully saturated rings. The molecule has 0 amide bonds. The summed E-state index contributed by atoms with van der Waals surface area (Å²) in [7, 11) is 0. The lowest BCUT2D eigenvalue weighted by Gasteiger charge is -2.11. The van der Waals surface area contributed by atoms with E-state index in [2.05, 4.69) is 19.9 Å². The standard InChI is InChI=1S/C31H19N7/c1-6-24(22-8-3-16-32-26(22)10-1)30-36-29(21-14-12-20(13-15-21)28-34-18-5-19-35-28)37-31(38-30)25-7-2-11-27-23(25)9-4-17-33-27/h1-19H. The minimum atomic E-state index is 0.576. The van der Waals surface area contributed by atoms with Crippen molar-refractivity contribution in [3.63, 3.8) is 0 Å². The number of pyridine rings is 2. The Balaban J connectivity index is 1.44. The molecule has 0 N–H and O–H groups in total. The van der Waals surface area contributed by atoms with E-state index in [0.29, 0.717) is 23.3 Å². The fourth-order valence-electron chi connectivity index (χ4n) is 4.56. The van der Waals surface area contributed by atoms with Crippen molar-refractivity contribution >= 4 is 21.8 Å². The van der Waals surface area contributed by atoms with Crippen molar-refractivity contribution in [3.8, 4) is 45.6 Å². The highest BCUT2D eigenvalue weighted by Crippen LogP contribution is 2.31. The van der Waals surface area contributed by atoms with Gasteiger partial charge in [-0.25, -0.2) is 24.9 Å². The zero-order chi connectivity index (χ0) is 25.3. The normalized spacial score (nSPS) is 11.2. The Hall–Kier alpha value is -5.43. The third kappa shape index (κ3) is 3.92. The highest BCUT2D eigenvalue weighted by Gasteiger charge is 2.16. The number of rotatable bonds is 4. The lowest BCUT2D eigenvalue weighted by molar-refractivity contribution is 1.08. The molecule has 4 heterocycles. The number of hydrogen-bond acceptors (Lipinski definition) is 7. The van der Waals surface area contributed by atoms with Crippen LogP contribution in [0, 0.1) is 0 Å². The molecule has 0 saturated heterocycles. The van der Waals surface area contributed by atoms with Crippen molar-refractivity contribution in [2.75, 3.05) is 0 Å². The summed E-state index contributed by atoms with van der Waals surface area (Å²) in [5, 5.41) is 1.96. The van der Waals surface area contributed by atoms with Gasteiger partial charge in [0.2, 0.25) is 0 Å². The third-order valence-corrected chi connectivity index (χ3v) is 6.38. The Labute approximate surface area is 218 Å². The first-order valence-corrected chi connectivity index (χ1v) is 12.2. The second kappa shape index (κ2) is 9.22. The molecule has 0 atom stereocenters. The predicted octanol–water partition coefficient (Wildman–Crippen LogP) is 6.43. The van der Waals surface area contributed by atoms with Crippen molar-refractivity contribution in [1.29, 1.82) is 0 Å². The maximum atomic E-state index is 4.97. The van der Waals surface area contributed by atoms with Gasteiger partial charge in [0, 0.05) is 57.8 Å². The van der Waals surface area contributed by atoms with Crippen molar-refractivity contribution < 1.29 is 0 Å². The van der Waals surface area contributed by atoms with E-state index in [-0.39, 0.29) is 0 Å². The summed E-state index contributed by atoms with van der Waals surface area (Å²) in [4.78, 5) is 32.6. The molecule has 7 heteroatoms. The molecule has 178 valence electrons. The first kappa shape index (κ1) is 21.8. The molecule has 38 heavy (non-hydrogen) atoms. The number of benzene rings is 3. The summed E-state index contributed by atoms with van der Waals surface area (Å²) < 4.78 is 0. The highest BCUT2D eigenvalue weighted by molar-refractivity contribution is 5.95. The van der Waals surface area contributed by atoms with E-state index in [1.54, 1.807) is 30.9 Å². The van der Waals surface area contributed by atoms with Gasteiger partial charge >= 0.3 is 0 Å². The Bertz CT molecular complexity index is 1810. The summed E-state index contributed by atoms with van der Waals surface area (Å²) in [5.74, 6) is 2.41. The Morgan fingerprint density at radius 1 is 0.342 bits per heavy atom. The van der Waals surface area contributed by atoms with Crippen LogP contribution < -0.4 is 0 Å². The molecule has 7 rings (SSSR count). The fraction of sp³-hybridized carbons (Fsp3) is 0. The van der Waals surface area contributed by atoms with Crippen LogP contribution in [0.3, 0.4) is 0 Å². The van der Waals surface area contributed by atoms with E-state index in [0.717, 1.165) is 44.1 Å². The van der Waals surface area contributed by atoms with Crippen LogP contribution in [0.1, 0.15) is 0 Å². The largest absolute Gasteiger partial charge is 0.256 e. The van der Waals surface area contributed by atoms with Crippen molar-refractivity contribution in [2.45, 2.75) is 0 Å². The molecule has 4 aromatic heterocycles. The third-order valence-electron chi connectivity index (χ3n) is 6.38. The van der Waals surface area contributed by atoms with Crippen LogP contribution in [-0.2, 0) is 0 Å². The second-order valence-corrected chi connectivity index (χ2v) is 8.71. The molecule has 3 aromatic carbocycles. The fourth-order valence-corrected chi connectivity index (χ4v) is 4.56. The van der Waals surface area contributed by atoms with Gasteiger partial charge in [0.1, 0.15) is 0 Å². The van der Waals surface area contributed by atoms with Gasteiger partial charge in [0.05, 0.1) is 11.0 Å². The van der Waals surface area contributed by atoms with Gasteiger partial charge in [0.25, 0.3) is 0 Å². The van der Waals surface area contributed by atoms with E-state index < -0.39 is 0 Å². The van der Waals surface area contributed by atoms with Crippen LogP contribution in [0.15, 0.2) is 116 Å². The molecule has 7 aromatic rings. The molecule has 0 aliphatic heterocycles. The first-order chi connectivity index (χ1) is 18.8. The van der Waals surface area contributed by atoms with Crippen LogP contribution in [0.2, 0.25) is 0 Å². The Kier molecular flexibility index (Phi) is 5.29. The second-order valence-electron chi connectivity index (χ2n) is 8.71. The number of aromatic nitrogens is 7. The van der Waals surface area contributed by atoms with Gasteiger partial charge in [-0.3, -0.25) is 9.97 Å². The van der Waals surface area contributed by atoms with E-state index >= 15 is 0 Å². The minimum Gasteiger partial charge on any atom is -0.256 e. The van der Waals surface area contributed by atoms with E-state index in [1.807, 2.05) is 84.9 Å². The van der Waals surface area contributed by atoms with Crippen LogP contribution in [0.4, 0.5) is 0 Å². The summed E-state index contributed by atoms with van der Waals surface area (Å²) in [6.45, 7) is 0. The molecule has 0 aliphatic rings. The number of hydrogen-bond donors (Lipinski definition) is 0. The lowest BCUT2D eigenvalue weighted by atomic mass is 10.1. The molecule has 0 aliphatic carbocycles.